The molecule has 2 amide bonds. The van der Waals surface area contributed by atoms with Crippen molar-refractivity contribution in [3.05, 3.63) is 76.8 Å². The number of nitrogens with one attached hydrogen (secondary N) is 3. The van der Waals surface area contributed by atoms with Crippen LogP contribution in [0, 0.1) is 5.82 Å². The van der Waals surface area contributed by atoms with E-state index < -0.39 is 41.0 Å². The number of hydrogen-bond acceptors (Lipinski definition) is 6. The van der Waals surface area contributed by atoms with Crippen LogP contribution in [-0.2, 0) is 11.0 Å². The smallest absolute Gasteiger partial charge is 0.354 e. The molecule has 2 heterocycles. The quantitative estimate of drug-likeness (QED) is 0.392. The molecule has 1 aliphatic rings. The van der Waals surface area contributed by atoms with Gasteiger partial charge in [0.05, 0.1) is 40.4 Å². The van der Waals surface area contributed by atoms with Crippen molar-refractivity contribution in [2.75, 3.05) is 5.32 Å². The topological polar surface area (TPSA) is 109 Å². The van der Waals surface area contributed by atoms with Gasteiger partial charge in [-0.2, -0.15) is 13.2 Å². The first kappa shape index (κ1) is 25.3. The van der Waals surface area contributed by atoms with E-state index >= 15 is 0 Å². The molecule has 188 valence electrons. The first-order valence-corrected chi connectivity index (χ1v) is 11.0. The van der Waals surface area contributed by atoms with Crippen LogP contribution >= 0.6 is 11.6 Å². The van der Waals surface area contributed by atoms with Gasteiger partial charge in [-0.15, -0.1) is 0 Å². The van der Waals surface area contributed by atoms with Crippen LogP contribution in [-0.4, -0.2) is 32.3 Å². The Balaban J connectivity index is 1.44. The van der Waals surface area contributed by atoms with Gasteiger partial charge in [-0.3, -0.25) is 14.6 Å². The Hall–Kier alpha value is -3.80. The van der Waals surface area contributed by atoms with E-state index in [1.807, 2.05) is 0 Å². The summed E-state index contributed by atoms with van der Waals surface area (Å²) in [6, 6.07) is 3.25. The summed E-state index contributed by atoms with van der Waals surface area (Å²) >= 11 is 5.68. The molecule has 1 saturated carbocycles. The van der Waals surface area contributed by atoms with Gasteiger partial charge in [0.1, 0.15) is 17.7 Å². The number of nitrogens with zero attached hydrogens (tertiary/aromatic N) is 3. The molecule has 0 radical (unpaired) electrons. The summed E-state index contributed by atoms with van der Waals surface area (Å²) in [5.41, 5.74) is -2.44. The Labute approximate surface area is 207 Å². The number of carbonyl (C=O) groups excluding carboxylic acids is 2. The molecule has 8 nitrogen and oxygen atoms in total. The van der Waals surface area contributed by atoms with Gasteiger partial charge >= 0.3 is 6.18 Å². The fourth-order valence-electron chi connectivity index (χ4n) is 3.49. The third kappa shape index (κ3) is 5.54. The van der Waals surface area contributed by atoms with E-state index in [4.69, 9.17) is 11.6 Å². The predicted molar refractivity (Wildman–Crippen MR) is 122 cm³/mol. The maximum absolute atomic E-state index is 14.8. The highest BCUT2D eigenvalue weighted by molar-refractivity contribution is 6.30. The summed E-state index contributed by atoms with van der Waals surface area (Å²) in [5.74, 6) is -1.87. The maximum atomic E-state index is 14.8. The zero-order chi connectivity index (χ0) is 26.1. The summed E-state index contributed by atoms with van der Waals surface area (Å²) < 4.78 is 54.8. The van der Waals surface area contributed by atoms with E-state index in [0.29, 0.717) is 12.8 Å². The minimum atomic E-state index is -4.68. The van der Waals surface area contributed by atoms with Crippen molar-refractivity contribution in [1.29, 1.82) is 0 Å². The zero-order valence-corrected chi connectivity index (χ0v) is 19.4. The molecule has 0 saturated heterocycles. The minimum absolute atomic E-state index is 0.0291. The summed E-state index contributed by atoms with van der Waals surface area (Å²) in [4.78, 5) is 36.7. The second-order valence-electron chi connectivity index (χ2n) is 8.26. The summed E-state index contributed by atoms with van der Waals surface area (Å²) in [5, 5.41) is 7.69. The van der Waals surface area contributed by atoms with Crippen molar-refractivity contribution >= 4 is 34.8 Å². The van der Waals surface area contributed by atoms with Crippen molar-refractivity contribution in [3.8, 4) is 0 Å². The average molecular weight is 523 g/mol. The number of pyridine rings is 1. The molecule has 3 aromatic rings. The largest absolute Gasteiger partial charge is 0.418 e. The third-order valence-electron chi connectivity index (χ3n) is 5.55. The molecular formula is C23H19ClF4N6O2. The Bertz CT molecular complexity index is 1300. The van der Waals surface area contributed by atoms with Gasteiger partial charge in [-0.25, -0.2) is 14.4 Å². The lowest BCUT2D eigenvalue weighted by Crippen LogP contribution is -2.49. The number of carbonyl (C=O) groups is 2. The Morgan fingerprint density at radius 1 is 1.11 bits per heavy atom. The van der Waals surface area contributed by atoms with Gasteiger partial charge in [0.2, 0.25) is 5.91 Å². The second-order valence-corrected chi connectivity index (χ2v) is 8.70. The Morgan fingerprint density at radius 2 is 1.81 bits per heavy atom. The van der Waals surface area contributed by atoms with Crippen LogP contribution in [0.3, 0.4) is 0 Å². The van der Waals surface area contributed by atoms with Crippen LogP contribution in [0.25, 0.3) is 0 Å². The molecule has 4 rings (SSSR count). The first-order chi connectivity index (χ1) is 17.0. The van der Waals surface area contributed by atoms with Crippen molar-refractivity contribution in [2.24, 2.45) is 0 Å². The summed E-state index contributed by atoms with van der Waals surface area (Å²) in [6.07, 6.45) is 1.16. The van der Waals surface area contributed by atoms with Gasteiger partial charge in [0.15, 0.2) is 0 Å². The molecule has 36 heavy (non-hydrogen) atoms. The number of rotatable bonds is 7. The minimum Gasteiger partial charge on any atom is -0.354 e. The van der Waals surface area contributed by atoms with Gasteiger partial charge in [0.25, 0.3) is 5.91 Å². The predicted octanol–water partition coefficient (Wildman–Crippen LogP) is 4.57. The summed E-state index contributed by atoms with van der Waals surface area (Å²) in [6.45, 7) is 1.50. The molecule has 1 fully saturated rings. The molecule has 0 spiro atoms. The molecule has 1 aromatic carbocycles. The summed E-state index contributed by atoms with van der Waals surface area (Å²) in [7, 11) is 0. The molecule has 0 bridgehead atoms. The molecule has 1 aliphatic carbocycles. The number of anilines is 2. The molecule has 1 atom stereocenters. The molecular weight excluding hydrogens is 504 g/mol. The Morgan fingerprint density at radius 3 is 2.42 bits per heavy atom. The van der Waals surface area contributed by atoms with E-state index in [1.165, 1.54) is 31.7 Å². The normalized spacial score (nSPS) is 15.1. The van der Waals surface area contributed by atoms with Crippen LogP contribution in [0.5, 0.6) is 0 Å². The van der Waals surface area contributed by atoms with Crippen LogP contribution in [0.15, 0.2) is 49.2 Å². The lowest BCUT2D eigenvalue weighted by atomic mass is 10.1. The highest BCUT2D eigenvalue weighted by Gasteiger charge is 2.51. The standard InChI is InChI=1S/C23H19ClF4N6O2/c1-12(32-21(36)22(4-5-22)34-20(35)13-8-29-11-30-9-13)19-17(25)7-15(10-31-19)33-18-3-2-14(24)6-16(18)23(26,27)28/h2-3,6-12,33H,4-5H2,1H3,(H,32,36)(H,34,35)/t12-/m0/s1. The molecule has 0 aliphatic heterocycles. The van der Waals surface area contributed by atoms with Crippen molar-refractivity contribution < 1.29 is 27.2 Å². The lowest BCUT2D eigenvalue weighted by molar-refractivity contribution is -0.137. The SMILES string of the molecule is C[C@H](NC(=O)C1(NC(=O)c2cncnc2)CC1)c1ncc(Nc2ccc(Cl)cc2C(F)(F)F)cc1F. The molecule has 2 aromatic heterocycles. The van der Waals surface area contributed by atoms with Crippen LogP contribution in [0.1, 0.15) is 47.4 Å². The third-order valence-corrected chi connectivity index (χ3v) is 5.79. The lowest BCUT2D eigenvalue weighted by Gasteiger charge is -2.21. The zero-order valence-electron chi connectivity index (χ0n) is 18.7. The maximum Gasteiger partial charge on any atom is 0.418 e. The fraction of sp³-hybridized carbons (Fsp3) is 0.261. The molecule has 0 unspecified atom stereocenters. The first-order valence-electron chi connectivity index (χ1n) is 10.7. The molecule has 3 N–H and O–H groups in total. The highest BCUT2D eigenvalue weighted by atomic mass is 35.5. The number of hydrogen-bond donors (Lipinski definition) is 3. The number of aromatic nitrogens is 3. The van der Waals surface area contributed by atoms with Crippen molar-refractivity contribution in [3.63, 3.8) is 0 Å². The highest BCUT2D eigenvalue weighted by Crippen LogP contribution is 2.38. The van der Waals surface area contributed by atoms with E-state index in [9.17, 15) is 27.2 Å². The van der Waals surface area contributed by atoms with E-state index in [-0.39, 0.29) is 27.7 Å². The van der Waals surface area contributed by atoms with Crippen LogP contribution in [0.4, 0.5) is 28.9 Å². The van der Waals surface area contributed by atoms with E-state index in [1.54, 1.807) is 0 Å². The van der Waals surface area contributed by atoms with Crippen LogP contribution < -0.4 is 16.0 Å². The monoisotopic (exact) mass is 522 g/mol. The van der Waals surface area contributed by atoms with Gasteiger partial charge in [-0.1, -0.05) is 11.6 Å². The van der Waals surface area contributed by atoms with Crippen molar-refractivity contribution in [1.82, 2.24) is 25.6 Å². The van der Waals surface area contributed by atoms with Gasteiger partial charge in [-0.05, 0) is 38.0 Å². The number of amides is 2. The Kier molecular flexibility index (Phi) is 6.81. The number of halogens is 5. The van der Waals surface area contributed by atoms with Gasteiger partial charge < -0.3 is 16.0 Å². The molecule has 13 heteroatoms. The van der Waals surface area contributed by atoms with E-state index in [0.717, 1.165) is 24.4 Å². The van der Waals surface area contributed by atoms with E-state index in [2.05, 4.69) is 30.9 Å². The number of benzene rings is 1. The fourth-order valence-corrected chi connectivity index (χ4v) is 3.67. The average Bonchev–Trinajstić information content (AvgIpc) is 3.61. The number of alkyl halides is 3. The van der Waals surface area contributed by atoms with Gasteiger partial charge in [0, 0.05) is 23.5 Å². The van der Waals surface area contributed by atoms with Crippen molar-refractivity contribution in [2.45, 2.75) is 37.5 Å². The second kappa shape index (κ2) is 9.69. The van der Waals surface area contributed by atoms with Crippen LogP contribution in [0.2, 0.25) is 5.02 Å².